The number of nitrogens with one attached hydrogen (secondary N) is 1. The summed E-state index contributed by atoms with van der Waals surface area (Å²) in [4.78, 5) is 13.5. The predicted molar refractivity (Wildman–Crippen MR) is 127 cm³/mol. The van der Waals surface area contributed by atoms with Crippen LogP contribution in [-0.2, 0) is 11.3 Å². The number of halogens is 1. The summed E-state index contributed by atoms with van der Waals surface area (Å²) >= 11 is 0. The Morgan fingerprint density at radius 3 is 2.45 bits per heavy atom. The number of piperazine rings is 1. The lowest BCUT2D eigenvalue weighted by Gasteiger charge is -2.37. The quantitative estimate of drug-likeness (QED) is 0.267. The van der Waals surface area contributed by atoms with E-state index in [0.717, 1.165) is 50.3 Å². The van der Waals surface area contributed by atoms with Gasteiger partial charge in [-0.2, -0.15) is 0 Å². The summed E-state index contributed by atoms with van der Waals surface area (Å²) in [6.07, 6.45) is 1.84. The number of hydrogen-bond acceptors (Lipinski definition) is 5. The van der Waals surface area contributed by atoms with Gasteiger partial charge in [-0.15, -0.1) is 24.0 Å². The molecule has 1 aromatic heterocycles. The standard InChI is InChI=1S/C21H29N5O2.HI/c1-22-21(24-17-18-6-8-19(9-7-18)28-16-15-27-2)26-13-11-25(12-14-26)20-5-3-4-10-23-20;/h3-10H,11-17H2,1-2H3,(H,22,24);1H. The third-order valence-corrected chi connectivity index (χ3v) is 4.69. The zero-order chi connectivity index (χ0) is 19.6. The van der Waals surface area contributed by atoms with Gasteiger partial charge in [0, 0.05) is 53.1 Å². The van der Waals surface area contributed by atoms with Crippen molar-refractivity contribution in [2.75, 3.05) is 58.5 Å². The average molecular weight is 511 g/mol. The fraction of sp³-hybridized carbons (Fsp3) is 0.429. The van der Waals surface area contributed by atoms with Gasteiger partial charge in [0.05, 0.1) is 6.61 Å². The SMILES string of the molecule is CN=C(NCc1ccc(OCCOC)cc1)N1CCN(c2ccccn2)CC1.I. The number of guanidine groups is 1. The molecule has 1 fully saturated rings. The van der Waals surface area contributed by atoms with Crippen molar-refractivity contribution in [2.45, 2.75) is 6.54 Å². The third kappa shape index (κ3) is 7.04. The highest BCUT2D eigenvalue weighted by Gasteiger charge is 2.20. The monoisotopic (exact) mass is 511 g/mol. The van der Waals surface area contributed by atoms with E-state index < -0.39 is 0 Å². The number of benzene rings is 1. The number of aliphatic imine (C=N–C) groups is 1. The highest BCUT2D eigenvalue weighted by Crippen LogP contribution is 2.14. The number of nitrogens with zero attached hydrogens (tertiary/aromatic N) is 4. The van der Waals surface area contributed by atoms with Crippen molar-refractivity contribution >= 4 is 35.8 Å². The maximum Gasteiger partial charge on any atom is 0.194 e. The molecule has 8 heteroatoms. The fourth-order valence-electron chi connectivity index (χ4n) is 3.15. The zero-order valence-corrected chi connectivity index (χ0v) is 19.4. The van der Waals surface area contributed by atoms with Gasteiger partial charge in [-0.05, 0) is 29.8 Å². The topological polar surface area (TPSA) is 62.2 Å². The summed E-state index contributed by atoms with van der Waals surface area (Å²) in [6.45, 7) is 5.59. The van der Waals surface area contributed by atoms with E-state index in [1.165, 1.54) is 5.56 Å². The molecule has 0 bridgehead atoms. The Balaban J connectivity index is 0.00000300. The van der Waals surface area contributed by atoms with Crippen molar-refractivity contribution in [1.82, 2.24) is 15.2 Å². The van der Waals surface area contributed by atoms with E-state index in [1.807, 2.05) is 37.5 Å². The third-order valence-electron chi connectivity index (χ3n) is 4.69. The smallest absolute Gasteiger partial charge is 0.194 e. The highest BCUT2D eigenvalue weighted by molar-refractivity contribution is 14.0. The van der Waals surface area contributed by atoms with E-state index in [9.17, 15) is 0 Å². The van der Waals surface area contributed by atoms with E-state index in [-0.39, 0.29) is 24.0 Å². The molecule has 0 unspecified atom stereocenters. The summed E-state index contributed by atoms with van der Waals surface area (Å²) in [5.41, 5.74) is 1.19. The van der Waals surface area contributed by atoms with Crippen molar-refractivity contribution in [3.63, 3.8) is 0 Å². The minimum absolute atomic E-state index is 0. The fourth-order valence-corrected chi connectivity index (χ4v) is 3.15. The first kappa shape index (κ1) is 23.2. The van der Waals surface area contributed by atoms with E-state index >= 15 is 0 Å². The van der Waals surface area contributed by atoms with Crippen LogP contribution in [0.5, 0.6) is 5.75 Å². The van der Waals surface area contributed by atoms with Crippen LogP contribution in [0.2, 0.25) is 0 Å². The molecular formula is C21H30IN5O2. The Labute approximate surface area is 190 Å². The van der Waals surface area contributed by atoms with Gasteiger partial charge in [-0.3, -0.25) is 4.99 Å². The Morgan fingerprint density at radius 1 is 1.07 bits per heavy atom. The molecule has 2 aromatic rings. The Morgan fingerprint density at radius 2 is 1.83 bits per heavy atom. The summed E-state index contributed by atoms with van der Waals surface area (Å²) in [6, 6.07) is 14.2. The molecule has 1 N–H and O–H groups in total. The number of pyridine rings is 1. The van der Waals surface area contributed by atoms with Crippen molar-refractivity contribution in [3.8, 4) is 5.75 Å². The molecule has 0 aliphatic carbocycles. The van der Waals surface area contributed by atoms with E-state index in [4.69, 9.17) is 9.47 Å². The molecule has 1 saturated heterocycles. The average Bonchev–Trinajstić information content (AvgIpc) is 2.76. The van der Waals surface area contributed by atoms with Crippen LogP contribution >= 0.6 is 24.0 Å². The minimum Gasteiger partial charge on any atom is -0.491 e. The molecule has 0 atom stereocenters. The number of methoxy groups -OCH3 is 1. The summed E-state index contributed by atoms with van der Waals surface area (Å²) in [5.74, 6) is 2.83. The van der Waals surface area contributed by atoms with Gasteiger partial charge in [0.15, 0.2) is 5.96 Å². The largest absolute Gasteiger partial charge is 0.491 e. The lowest BCUT2D eigenvalue weighted by atomic mass is 10.2. The van der Waals surface area contributed by atoms with Crippen LogP contribution in [0, 0.1) is 0 Å². The molecule has 1 aromatic carbocycles. The number of aromatic nitrogens is 1. The van der Waals surface area contributed by atoms with Crippen LogP contribution in [-0.4, -0.2) is 69.4 Å². The maximum absolute atomic E-state index is 5.60. The minimum atomic E-state index is 0. The summed E-state index contributed by atoms with van der Waals surface area (Å²) in [7, 11) is 3.50. The number of rotatable bonds is 7. The van der Waals surface area contributed by atoms with Crippen molar-refractivity contribution in [1.29, 1.82) is 0 Å². The van der Waals surface area contributed by atoms with Crippen molar-refractivity contribution in [2.24, 2.45) is 4.99 Å². The molecule has 0 radical (unpaired) electrons. The molecule has 1 aliphatic heterocycles. The molecule has 7 nitrogen and oxygen atoms in total. The second kappa shape index (κ2) is 12.5. The van der Waals surface area contributed by atoms with E-state index in [0.29, 0.717) is 13.2 Å². The summed E-state index contributed by atoms with van der Waals surface area (Å²) in [5, 5.41) is 3.46. The number of anilines is 1. The second-order valence-electron chi connectivity index (χ2n) is 6.55. The molecule has 158 valence electrons. The van der Waals surface area contributed by atoms with Crippen molar-refractivity contribution in [3.05, 3.63) is 54.2 Å². The molecule has 0 saturated carbocycles. The Kier molecular flexibility index (Phi) is 9.99. The predicted octanol–water partition coefficient (Wildman–Crippen LogP) is 2.62. The van der Waals surface area contributed by atoms with Crippen LogP contribution in [0.25, 0.3) is 0 Å². The lowest BCUT2D eigenvalue weighted by Crippen LogP contribution is -2.52. The molecule has 1 aliphatic rings. The van der Waals surface area contributed by atoms with Crippen LogP contribution < -0.4 is 15.0 Å². The van der Waals surface area contributed by atoms with Gasteiger partial charge in [-0.1, -0.05) is 18.2 Å². The molecule has 0 amide bonds. The molecule has 3 rings (SSSR count). The van der Waals surface area contributed by atoms with Gasteiger partial charge in [0.1, 0.15) is 18.2 Å². The van der Waals surface area contributed by atoms with E-state index in [1.54, 1.807) is 7.11 Å². The molecule has 2 heterocycles. The van der Waals surface area contributed by atoms with Gasteiger partial charge < -0.3 is 24.6 Å². The van der Waals surface area contributed by atoms with Gasteiger partial charge in [0.2, 0.25) is 0 Å². The molecule has 0 spiro atoms. The maximum atomic E-state index is 5.60. The van der Waals surface area contributed by atoms with Gasteiger partial charge in [0.25, 0.3) is 0 Å². The molecule has 29 heavy (non-hydrogen) atoms. The van der Waals surface area contributed by atoms with Crippen molar-refractivity contribution < 1.29 is 9.47 Å². The van der Waals surface area contributed by atoms with Crippen LogP contribution in [0.4, 0.5) is 5.82 Å². The van der Waals surface area contributed by atoms with Crippen LogP contribution in [0.1, 0.15) is 5.56 Å². The Bertz CT molecular complexity index is 734. The number of hydrogen-bond donors (Lipinski definition) is 1. The lowest BCUT2D eigenvalue weighted by molar-refractivity contribution is 0.146. The Hall–Kier alpha value is -2.07. The normalized spacial score (nSPS) is 14.3. The van der Waals surface area contributed by atoms with E-state index in [2.05, 4.69) is 43.3 Å². The van der Waals surface area contributed by atoms with Gasteiger partial charge >= 0.3 is 0 Å². The zero-order valence-electron chi connectivity index (χ0n) is 17.1. The first-order chi connectivity index (χ1) is 13.8. The summed E-state index contributed by atoms with van der Waals surface area (Å²) < 4.78 is 10.6. The number of ether oxygens (including phenoxy) is 2. The second-order valence-corrected chi connectivity index (χ2v) is 6.55. The first-order valence-electron chi connectivity index (χ1n) is 9.62. The van der Waals surface area contributed by atoms with Gasteiger partial charge in [-0.25, -0.2) is 4.98 Å². The van der Waals surface area contributed by atoms with Crippen LogP contribution in [0.15, 0.2) is 53.7 Å². The highest BCUT2D eigenvalue weighted by atomic mass is 127. The van der Waals surface area contributed by atoms with Crippen LogP contribution in [0.3, 0.4) is 0 Å². The molecular weight excluding hydrogens is 481 g/mol. The first-order valence-corrected chi connectivity index (χ1v) is 9.62.